The first-order chi connectivity index (χ1) is 12.7. The van der Waals surface area contributed by atoms with Crippen molar-refractivity contribution in [2.75, 3.05) is 39.4 Å². The van der Waals surface area contributed by atoms with Crippen molar-refractivity contribution in [3.63, 3.8) is 0 Å². The van der Waals surface area contributed by atoms with Gasteiger partial charge in [0.05, 0.1) is 32.6 Å². The van der Waals surface area contributed by atoms with Crippen LogP contribution in [0.3, 0.4) is 0 Å². The number of oxime groups is 1. The number of carbonyl (C=O) groups excluding carboxylic acids is 2. The second-order valence-corrected chi connectivity index (χ2v) is 6.80. The molecule has 26 heavy (non-hydrogen) atoms. The van der Waals surface area contributed by atoms with Crippen LogP contribution in [0, 0.1) is 0 Å². The van der Waals surface area contributed by atoms with E-state index in [0.717, 1.165) is 0 Å². The van der Waals surface area contributed by atoms with Crippen molar-refractivity contribution in [3.05, 3.63) is 24.2 Å². The molecule has 0 aromatic carbocycles. The van der Waals surface area contributed by atoms with E-state index in [2.05, 4.69) is 10.5 Å². The first-order valence-corrected chi connectivity index (χ1v) is 8.82. The Morgan fingerprint density at radius 3 is 2.85 bits per heavy atom. The number of hydrogen-bond acceptors (Lipinski definition) is 6. The second-order valence-electron chi connectivity index (χ2n) is 6.80. The lowest BCUT2D eigenvalue weighted by atomic mass is 9.96. The van der Waals surface area contributed by atoms with Crippen LogP contribution in [0.5, 0.6) is 0 Å². The number of amides is 3. The van der Waals surface area contributed by atoms with Crippen molar-refractivity contribution < 1.29 is 23.6 Å². The van der Waals surface area contributed by atoms with Crippen LogP contribution in [0.2, 0.25) is 0 Å². The summed E-state index contributed by atoms with van der Waals surface area (Å²) in [6, 6.07) is 3.57. The molecule has 140 valence electrons. The van der Waals surface area contributed by atoms with Crippen molar-refractivity contribution >= 4 is 17.6 Å². The monoisotopic (exact) mass is 362 g/mol. The number of furan rings is 1. The van der Waals surface area contributed by atoms with Gasteiger partial charge in [-0.3, -0.25) is 4.79 Å². The second kappa shape index (κ2) is 6.99. The molecule has 0 bridgehead atoms. The number of urea groups is 1. The molecule has 1 spiro atoms. The van der Waals surface area contributed by atoms with Gasteiger partial charge >= 0.3 is 6.03 Å². The molecule has 1 atom stereocenters. The molecule has 2 saturated heterocycles. The SMILES string of the molecule is O=C(NCc1ccco1)C1=NO[C@]2(CCN(C(=O)N3CCOCC3)C2)C1. The van der Waals surface area contributed by atoms with E-state index < -0.39 is 5.60 Å². The first-order valence-electron chi connectivity index (χ1n) is 8.82. The van der Waals surface area contributed by atoms with Gasteiger partial charge in [-0.05, 0) is 12.1 Å². The van der Waals surface area contributed by atoms with E-state index in [9.17, 15) is 9.59 Å². The van der Waals surface area contributed by atoms with Gasteiger partial charge in [0.1, 0.15) is 11.5 Å². The molecule has 0 saturated carbocycles. The minimum absolute atomic E-state index is 0.00416. The van der Waals surface area contributed by atoms with E-state index in [4.69, 9.17) is 14.0 Å². The van der Waals surface area contributed by atoms with Gasteiger partial charge < -0.3 is 29.1 Å². The minimum Gasteiger partial charge on any atom is -0.467 e. The van der Waals surface area contributed by atoms with Gasteiger partial charge in [-0.15, -0.1) is 0 Å². The van der Waals surface area contributed by atoms with Crippen molar-refractivity contribution in [2.24, 2.45) is 5.16 Å². The molecular formula is C17H22N4O5. The van der Waals surface area contributed by atoms with Gasteiger partial charge in [-0.1, -0.05) is 5.16 Å². The molecule has 9 nitrogen and oxygen atoms in total. The highest BCUT2D eigenvalue weighted by atomic mass is 16.7. The van der Waals surface area contributed by atoms with Crippen molar-refractivity contribution in [2.45, 2.75) is 25.0 Å². The van der Waals surface area contributed by atoms with Crippen LogP contribution in [0.4, 0.5) is 4.79 Å². The summed E-state index contributed by atoms with van der Waals surface area (Å²) < 4.78 is 10.5. The molecule has 3 amide bonds. The number of rotatable bonds is 3. The van der Waals surface area contributed by atoms with Crippen molar-refractivity contribution in [3.8, 4) is 0 Å². The molecule has 3 aliphatic heterocycles. The minimum atomic E-state index is -0.584. The topological polar surface area (TPSA) is 96.6 Å². The number of ether oxygens (including phenoxy) is 1. The quantitative estimate of drug-likeness (QED) is 0.848. The predicted octanol–water partition coefficient (Wildman–Crippen LogP) is 0.569. The largest absolute Gasteiger partial charge is 0.467 e. The van der Waals surface area contributed by atoms with E-state index in [1.165, 1.54) is 0 Å². The number of carbonyl (C=O) groups is 2. The van der Waals surface area contributed by atoms with E-state index >= 15 is 0 Å². The van der Waals surface area contributed by atoms with E-state index in [1.807, 2.05) is 0 Å². The molecular weight excluding hydrogens is 340 g/mol. The van der Waals surface area contributed by atoms with Crippen LogP contribution in [0.15, 0.2) is 28.0 Å². The molecule has 0 aliphatic carbocycles. The Labute approximate surface area is 150 Å². The standard InChI is InChI=1S/C17H22N4O5/c22-15(18-11-13-2-1-7-25-13)14-10-17(26-19-14)3-4-21(12-17)16(23)20-5-8-24-9-6-20/h1-2,7H,3-6,8-12H2,(H,18,22)/t17-/m1/s1. The third-order valence-corrected chi connectivity index (χ3v) is 4.97. The van der Waals surface area contributed by atoms with E-state index in [1.54, 1.807) is 28.2 Å². The van der Waals surface area contributed by atoms with Crippen LogP contribution in [0.25, 0.3) is 0 Å². The number of likely N-dealkylation sites (tertiary alicyclic amines) is 1. The number of nitrogens with zero attached hydrogens (tertiary/aromatic N) is 3. The third-order valence-electron chi connectivity index (χ3n) is 4.97. The van der Waals surface area contributed by atoms with Gasteiger partial charge in [0, 0.05) is 32.5 Å². The van der Waals surface area contributed by atoms with Gasteiger partial charge in [0.25, 0.3) is 5.91 Å². The smallest absolute Gasteiger partial charge is 0.320 e. The zero-order chi connectivity index (χ0) is 18.0. The highest BCUT2D eigenvalue weighted by Crippen LogP contribution is 2.34. The Hall–Kier alpha value is -2.55. The number of morpholine rings is 1. The highest BCUT2D eigenvalue weighted by molar-refractivity contribution is 6.39. The normalized spacial score (nSPS) is 25.3. The van der Waals surface area contributed by atoms with Gasteiger partial charge in [-0.2, -0.15) is 0 Å². The van der Waals surface area contributed by atoms with Crippen molar-refractivity contribution in [1.29, 1.82) is 0 Å². The zero-order valence-corrected chi connectivity index (χ0v) is 14.5. The fraction of sp³-hybridized carbons (Fsp3) is 0.588. The summed E-state index contributed by atoms with van der Waals surface area (Å²) in [4.78, 5) is 34.1. The molecule has 1 aromatic rings. The van der Waals surface area contributed by atoms with Gasteiger partial charge in [0.15, 0.2) is 5.60 Å². The van der Waals surface area contributed by atoms with Crippen LogP contribution >= 0.6 is 0 Å². The summed E-state index contributed by atoms with van der Waals surface area (Å²) in [6.07, 6.45) is 2.64. The molecule has 4 heterocycles. The van der Waals surface area contributed by atoms with Crippen LogP contribution in [0.1, 0.15) is 18.6 Å². The summed E-state index contributed by atoms with van der Waals surface area (Å²) in [6.45, 7) is 3.73. The lowest BCUT2D eigenvalue weighted by Gasteiger charge is -2.31. The first kappa shape index (κ1) is 16.9. The number of nitrogens with one attached hydrogen (secondary N) is 1. The molecule has 0 unspecified atom stereocenters. The Morgan fingerprint density at radius 2 is 2.08 bits per heavy atom. The average molecular weight is 362 g/mol. The molecule has 4 rings (SSSR count). The Balaban J connectivity index is 1.29. The summed E-state index contributed by atoms with van der Waals surface area (Å²) in [5, 5.41) is 6.75. The lowest BCUT2D eigenvalue weighted by molar-refractivity contribution is -0.115. The predicted molar refractivity (Wildman–Crippen MR) is 90.4 cm³/mol. The summed E-state index contributed by atoms with van der Waals surface area (Å²) in [7, 11) is 0. The maximum absolute atomic E-state index is 12.6. The van der Waals surface area contributed by atoms with E-state index in [-0.39, 0.29) is 11.9 Å². The Bertz CT molecular complexity index is 698. The average Bonchev–Trinajstić information content (AvgIpc) is 3.42. The molecule has 1 N–H and O–H groups in total. The summed E-state index contributed by atoms with van der Waals surface area (Å²) in [5.41, 5.74) is -0.225. The van der Waals surface area contributed by atoms with Crippen molar-refractivity contribution in [1.82, 2.24) is 15.1 Å². The van der Waals surface area contributed by atoms with Gasteiger partial charge in [-0.25, -0.2) is 4.79 Å². The molecule has 0 radical (unpaired) electrons. The Kier molecular flexibility index (Phi) is 4.54. The van der Waals surface area contributed by atoms with Gasteiger partial charge in [0.2, 0.25) is 0 Å². The molecule has 2 fully saturated rings. The highest BCUT2D eigenvalue weighted by Gasteiger charge is 2.48. The molecule has 3 aliphatic rings. The van der Waals surface area contributed by atoms with Crippen LogP contribution in [-0.2, 0) is 20.9 Å². The fourth-order valence-electron chi connectivity index (χ4n) is 3.51. The van der Waals surface area contributed by atoms with E-state index in [0.29, 0.717) is 70.3 Å². The number of hydrogen-bond donors (Lipinski definition) is 1. The lowest BCUT2D eigenvalue weighted by Crippen LogP contribution is -2.48. The van der Waals surface area contributed by atoms with Crippen LogP contribution in [-0.4, -0.2) is 72.4 Å². The maximum Gasteiger partial charge on any atom is 0.320 e. The summed E-state index contributed by atoms with van der Waals surface area (Å²) in [5.74, 6) is 0.409. The zero-order valence-electron chi connectivity index (χ0n) is 14.5. The maximum atomic E-state index is 12.6. The molecule has 9 heteroatoms. The Morgan fingerprint density at radius 1 is 1.23 bits per heavy atom. The fourth-order valence-corrected chi connectivity index (χ4v) is 3.51. The third kappa shape index (κ3) is 3.39. The van der Waals surface area contributed by atoms with Crippen LogP contribution < -0.4 is 5.32 Å². The summed E-state index contributed by atoms with van der Waals surface area (Å²) >= 11 is 0. The molecule has 1 aromatic heterocycles.